The predicted molar refractivity (Wildman–Crippen MR) is 90.3 cm³/mol. The lowest BCUT2D eigenvalue weighted by Gasteiger charge is -2.11. The molecule has 0 bridgehead atoms. The highest BCUT2D eigenvalue weighted by atomic mass is 32.2. The van der Waals surface area contributed by atoms with Crippen molar-refractivity contribution in [2.45, 2.75) is 36.7 Å². The molecule has 124 valence electrons. The van der Waals surface area contributed by atoms with E-state index in [4.69, 9.17) is 4.74 Å². The van der Waals surface area contributed by atoms with Crippen molar-refractivity contribution in [1.29, 1.82) is 0 Å². The zero-order valence-corrected chi connectivity index (χ0v) is 14.0. The number of cyclic esters (lactones) is 1. The van der Waals surface area contributed by atoms with E-state index in [2.05, 4.69) is 10.2 Å². The first-order valence-electron chi connectivity index (χ1n) is 7.90. The lowest BCUT2D eigenvalue weighted by Crippen LogP contribution is -2.23. The number of thioether (sulfide) groups is 1. The number of nitrogens with zero attached hydrogens (tertiary/aromatic N) is 4. The molecule has 1 fully saturated rings. The Kier molecular flexibility index (Phi) is 3.76. The number of ether oxygens (including phenoxy) is 1. The summed E-state index contributed by atoms with van der Waals surface area (Å²) in [5, 5.41) is 9.40. The van der Waals surface area contributed by atoms with E-state index in [1.54, 1.807) is 4.57 Å². The maximum Gasteiger partial charge on any atom is 0.319 e. The molecule has 0 saturated carbocycles. The lowest BCUT2D eigenvalue weighted by molar-refractivity contribution is -0.137. The van der Waals surface area contributed by atoms with Crippen LogP contribution in [0.4, 0.5) is 0 Å². The molecule has 0 radical (unpaired) electrons. The molecule has 1 saturated heterocycles. The highest BCUT2D eigenvalue weighted by Crippen LogP contribution is 2.29. The van der Waals surface area contributed by atoms with Crippen molar-refractivity contribution in [2.75, 3.05) is 6.61 Å². The Morgan fingerprint density at radius 3 is 2.88 bits per heavy atom. The van der Waals surface area contributed by atoms with Gasteiger partial charge in [0, 0.05) is 13.0 Å². The SMILES string of the molecule is CCCn1c(=O)c2ccccc2n2c(S[C@@H]3CCOC3=O)nnc12. The van der Waals surface area contributed by atoms with Crippen molar-refractivity contribution in [3.63, 3.8) is 0 Å². The fourth-order valence-electron chi connectivity index (χ4n) is 2.95. The van der Waals surface area contributed by atoms with Crippen LogP contribution in [0.15, 0.2) is 34.2 Å². The number of carbonyl (C=O) groups is 1. The van der Waals surface area contributed by atoms with Gasteiger partial charge < -0.3 is 4.74 Å². The molecule has 0 N–H and O–H groups in total. The van der Waals surface area contributed by atoms with Gasteiger partial charge in [-0.05, 0) is 18.6 Å². The number of fused-ring (bicyclic) bond motifs is 3. The summed E-state index contributed by atoms with van der Waals surface area (Å²) >= 11 is 1.34. The molecule has 1 aliphatic heterocycles. The summed E-state index contributed by atoms with van der Waals surface area (Å²) in [6.07, 6.45) is 1.48. The zero-order chi connectivity index (χ0) is 16.7. The number of aromatic nitrogens is 4. The molecule has 1 aromatic carbocycles. The van der Waals surface area contributed by atoms with Gasteiger partial charge in [0.1, 0.15) is 5.25 Å². The summed E-state index contributed by atoms with van der Waals surface area (Å²) < 4.78 is 8.53. The van der Waals surface area contributed by atoms with Gasteiger partial charge in [-0.1, -0.05) is 30.8 Å². The second-order valence-electron chi connectivity index (χ2n) is 5.65. The molecule has 7 nitrogen and oxygen atoms in total. The molecule has 0 unspecified atom stereocenters. The van der Waals surface area contributed by atoms with E-state index >= 15 is 0 Å². The van der Waals surface area contributed by atoms with Crippen LogP contribution >= 0.6 is 11.8 Å². The molecule has 24 heavy (non-hydrogen) atoms. The summed E-state index contributed by atoms with van der Waals surface area (Å²) in [5.41, 5.74) is 0.688. The smallest absolute Gasteiger partial charge is 0.319 e. The summed E-state index contributed by atoms with van der Waals surface area (Å²) in [6.45, 7) is 3.02. The maximum atomic E-state index is 12.7. The van der Waals surface area contributed by atoms with Gasteiger partial charge in [0.05, 0.1) is 17.5 Å². The first-order chi connectivity index (χ1) is 11.7. The van der Waals surface area contributed by atoms with Crippen LogP contribution in [0.3, 0.4) is 0 Å². The van der Waals surface area contributed by atoms with E-state index in [1.807, 2.05) is 35.6 Å². The average molecular weight is 344 g/mol. The average Bonchev–Trinajstić information content (AvgIpc) is 3.19. The third kappa shape index (κ3) is 2.29. The maximum absolute atomic E-state index is 12.7. The monoisotopic (exact) mass is 344 g/mol. The van der Waals surface area contributed by atoms with Gasteiger partial charge in [-0.15, -0.1) is 10.2 Å². The third-order valence-corrected chi connectivity index (χ3v) is 5.25. The van der Waals surface area contributed by atoms with Crippen LogP contribution in [0.5, 0.6) is 0 Å². The van der Waals surface area contributed by atoms with E-state index in [-0.39, 0.29) is 16.8 Å². The molecule has 3 aromatic rings. The standard InChI is InChI=1S/C16H16N4O3S/c1-2-8-19-13(21)10-5-3-4-6-11(10)20-15(19)17-18-16(20)24-12-7-9-23-14(12)22/h3-6,12H,2,7-9H2,1H3/t12-/m1/s1. The normalized spacial score (nSPS) is 17.7. The fraction of sp³-hybridized carbons (Fsp3) is 0.375. The van der Waals surface area contributed by atoms with E-state index in [0.29, 0.717) is 35.9 Å². The van der Waals surface area contributed by atoms with Gasteiger partial charge in [0.15, 0.2) is 5.16 Å². The van der Waals surface area contributed by atoms with Crippen LogP contribution in [-0.2, 0) is 16.1 Å². The van der Waals surface area contributed by atoms with Gasteiger partial charge in [-0.25, -0.2) is 0 Å². The van der Waals surface area contributed by atoms with Crippen LogP contribution < -0.4 is 5.56 Å². The third-order valence-electron chi connectivity index (χ3n) is 4.06. The van der Waals surface area contributed by atoms with Crippen molar-refractivity contribution in [3.05, 3.63) is 34.6 Å². The number of hydrogen-bond donors (Lipinski definition) is 0. The number of carbonyl (C=O) groups excluding carboxylic acids is 1. The summed E-state index contributed by atoms with van der Waals surface area (Å²) in [4.78, 5) is 24.5. The number of esters is 1. The lowest BCUT2D eigenvalue weighted by atomic mass is 10.2. The molecule has 2 aromatic heterocycles. The molecule has 0 spiro atoms. The van der Waals surface area contributed by atoms with Crippen LogP contribution in [0.2, 0.25) is 0 Å². The van der Waals surface area contributed by atoms with Crippen LogP contribution in [0.25, 0.3) is 16.7 Å². The van der Waals surface area contributed by atoms with Gasteiger partial charge in [0.2, 0.25) is 5.78 Å². The van der Waals surface area contributed by atoms with Crippen molar-refractivity contribution in [2.24, 2.45) is 0 Å². The summed E-state index contributed by atoms with van der Waals surface area (Å²) in [5.74, 6) is 0.289. The minimum Gasteiger partial charge on any atom is -0.465 e. The first-order valence-corrected chi connectivity index (χ1v) is 8.78. The molecular weight excluding hydrogens is 328 g/mol. The minimum atomic E-state index is -0.275. The molecular formula is C16H16N4O3S. The van der Waals surface area contributed by atoms with E-state index < -0.39 is 0 Å². The largest absolute Gasteiger partial charge is 0.465 e. The first kappa shape index (κ1) is 15.2. The van der Waals surface area contributed by atoms with Crippen LogP contribution in [0, 0.1) is 0 Å². The highest BCUT2D eigenvalue weighted by Gasteiger charge is 2.30. The number of para-hydroxylation sites is 1. The molecule has 1 aliphatic rings. The Morgan fingerprint density at radius 1 is 1.29 bits per heavy atom. The van der Waals surface area contributed by atoms with Gasteiger partial charge in [0.25, 0.3) is 5.56 Å². The van der Waals surface area contributed by atoms with Gasteiger partial charge >= 0.3 is 5.97 Å². The summed E-state index contributed by atoms with van der Waals surface area (Å²) in [7, 11) is 0. The Morgan fingerprint density at radius 2 is 2.12 bits per heavy atom. The highest BCUT2D eigenvalue weighted by molar-refractivity contribution is 8.00. The molecule has 8 heteroatoms. The van der Waals surface area contributed by atoms with E-state index in [1.165, 1.54) is 11.8 Å². The minimum absolute atomic E-state index is 0.0656. The topological polar surface area (TPSA) is 78.5 Å². The van der Waals surface area contributed by atoms with Gasteiger partial charge in [-0.3, -0.25) is 18.6 Å². The number of aryl methyl sites for hydroxylation is 1. The van der Waals surface area contributed by atoms with Crippen molar-refractivity contribution < 1.29 is 9.53 Å². The Labute approximate surface area is 141 Å². The molecule has 0 aliphatic carbocycles. The molecule has 3 heterocycles. The summed E-state index contributed by atoms with van der Waals surface area (Å²) in [6, 6.07) is 7.41. The Hall–Kier alpha value is -2.35. The van der Waals surface area contributed by atoms with Crippen LogP contribution in [-0.4, -0.2) is 37.0 Å². The van der Waals surface area contributed by atoms with Crippen LogP contribution in [0.1, 0.15) is 19.8 Å². The Balaban J connectivity index is 1.96. The molecule has 4 rings (SSSR count). The Bertz CT molecular complexity index is 994. The quantitative estimate of drug-likeness (QED) is 0.672. The second-order valence-corrected chi connectivity index (χ2v) is 6.82. The van der Waals surface area contributed by atoms with E-state index in [0.717, 1.165) is 11.9 Å². The number of benzene rings is 1. The fourth-order valence-corrected chi connectivity index (χ4v) is 3.95. The van der Waals surface area contributed by atoms with Gasteiger partial charge in [-0.2, -0.15) is 0 Å². The molecule has 1 atom stereocenters. The van der Waals surface area contributed by atoms with E-state index in [9.17, 15) is 9.59 Å². The van der Waals surface area contributed by atoms with Crippen molar-refractivity contribution >= 4 is 34.4 Å². The zero-order valence-electron chi connectivity index (χ0n) is 13.1. The predicted octanol–water partition coefficient (Wildman–Crippen LogP) is 1.86. The van der Waals surface area contributed by atoms with Crippen molar-refractivity contribution in [3.8, 4) is 0 Å². The number of rotatable bonds is 4. The van der Waals surface area contributed by atoms with Crippen molar-refractivity contribution in [1.82, 2.24) is 19.2 Å². The second kappa shape index (κ2) is 5.94. The number of hydrogen-bond acceptors (Lipinski definition) is 6. The molecule has 0 amide bonds.